The summed E-state index contributed by atoms with van der Waals surface area (Å²) in [6.45, 7) is 10.8. The van der Waals surface area contributed by atoms with E-state index < -0.39 is 0 Å². The fourth-order valence-electron chi connectivity index (χ4n) is 1.78. The average molecular weight is 227 g/mol. The third kappa shape index (κ3) is 7.26. The smallest absolute Gasteiger partial charge is 0.183 e. The van der Waals surface area contributed by atoms with Gasteiger partial charge in [-0.2, -0.15) is 5.26 Å². The summed E-state index contributed by atoms with van der Waals surface area (Å²) in [6.07, 6.45) is 4.80. The van der Waals surface area contributed by atoms with Crippen LogP contribution in [0.15, 0.2) is 4.99 Å². The third-order valence-electron chi connectivity index (χ3n) is 1.72. The van der Waals surface area contributed by atoms with Gasteiger partial charge in [-0.3, -0.25) is 10.3 Å². The predicted octanol–water partition coefficient (Wildman–Crippen LogP) is 2.99. The second kappa shape index (κ2) is 5.41. The van der Waals surface area contributed by atoms with Crippen LogP contribution < -0.4 is 5.32 Å². The van der Waals surface area contributed by atoms with Crippen LogP contribution in [0.4, 0.5) is 0 Å². The number of thioether (sulfide) groups is 1. The Morgan fingerprint density at radius 1 is 1.33 bits per heavy atom. The van der Waals surface area contributed by atoms with Gasteiger partial charge >= 0.3 is 0 Å². The number of hydrogen-bond donors (Lipinski definition) is 1. The van der Waals surface area contributed by atoms with Crippen molar-refractivity contribution in [3.63, 3.8) is 0 Å². The minimum absolute atomic E-state index is 0.138. The fraction of sp³-hybridized carbons (Fsp3) is 0.818. The molecular weight excluding hydrogens is 206 g/mol. The molecule has 0 saturated carbocycles. The Labute approximate surface area is 97.3 Å². The molecule has 15 heavy (non-hydrogen) atoms. The van der Waals surface area contributed by atoms with Gasteiger partial charge in [0.2, 0.25) is 0 Å². The van der Waals surface area contributed by atoms with E-state index in [0.717, 1.165) is 6.42 Å². The quantitative estimate of drug-likeness (QED) is 0.341. The Morgan fingerprint density at radius 2 is 1.87 bits per heavy atom. The highest BCUT2D eigenvalue weighted by Crippen LogP contribution is 2.29. The van der Waals surface area contributed by atoms with Crippen molar-refractivity contribution in [2.45, 2.75) is 46.6 Å². The van der Waals surface area contributed by atoms with Crippen molar-refractivity contribution in [1.29, 1.82) is 5.26 Å². The molecule has 0 saturated heterocycles. The van der Waals surface area contributed by atoms with Crippen molar-refractivity contribution in [2.24, 2.45) is 10.4 Å². The first kappa shape index (κ1) is 14.3. The van der Waals surface area contributed by atoms with Crippen molar-refractivity contribution in [3.8, 4) is 6.19 Å². The molecule has 0 aromatic heterocycles. The summed E-state index contributed by atoms with van der Waals surface area (Å²) in [4.78, 5) is 4.55. The molecule has 1 N–H and O–H groups in total. The molecule has 0 atom stereocenters. The van der Waals surface area contributed by atoms with E-state index in [9.17, 15) is 0 Å². The molecule has 0 aromatic carbocycles. The largest absolute Gasteiger partial charge is 0.272 e. The topological polar surface area (TPSA) is 48.2 Å². The molecule has 0 amide bonds. The molecule has 0 aliphatic carbocycles. The van der Waals surface area contributed by atoms with Crippen LogP contribution >= 0.6 is 11.8 Å². The predicted molar refractivity (Wildman–Crippen MR) is 67.8 cm³/mol. The lowest BCUT2D eigenvalue weighted by molar-refractivity contribution is 0.288. The minimum Gasteiger partial charge on any atom is -0.272 e. The zero-order valence-electron chi connectivity index (χ0n) is 10.5. The van der Waals surface area contributed by atoms with Crippen molar-refractivity contribution in [1.82, 2.24) is 5.32 Å². The van der Waals surface area contributed by atoms with Crippen LogP contribution in [0.2, 0.25) is 0 Å². The maximum absolute atomic E-state index is 8.54. The summed E-state index contributed by atoms with van der Waals surface area (Å²) in [6, 6.07) is 0. The van der Waals surface area contributed by atoms with Crippen LogP contribution in [-0.2, 0) is 0 Å². The first-order chi connectivity index (χ1) is 6.70. The molecule has 0 unspecified atom stereocenters. The van der Waals surface area contributed by atoms with Crippen LogP contribution in [0.3, 0.4) is 0 Å². The highest BCUT2D eigenvalue weighted by molar-refractivity contribution is 8.13. The van der Waals surface area contributed by atoms with Crippen LogP contribution in [0, 0.1) is 16.9 Å². The molecule has 0 rings (SSSR count). The second-order valence-corrected chi connectivity index (χ2v) is 6.20. The Balaban J connectivity index is 4.66. The molecule has 3 nitrogen and oxygen atoms in total. The molecule has 0 aliphatic rings. The molecule has 0 radical (unpaired) electrons. The van der Waals surface area contributed by atoms with Crippen molar-refractivity contribution in [3.05, 3.63) is 0 Å². The van der Waals surface area contributed by atoms with E-state index in [2.05, 4.69) is 44.9 Å². The first-order valence-corrected chi connectivity index (χ1v) is 6.22. The van der Waals surface area contributed by atoms with Crippen molar-refractivity contribution in [2.75, 3.05) is 6.26 Å². The molecule has 0 aromatic rings. The van der Waals surface area contributed by atoms with E-state index >= 15 is 0 Å². The lowest BCUT2D eigenvalue weighted by Gasteiger charge is -2.29. The van der Waals surface area contributed by atoms with E-state index in [1.807, 2.05) is 12.4 Å². The maximum atomic E-state index is 8.54. The second-order valence-electron chi connectivity index (χ2n) is 5.41. The van der Waals surface area contributed by atoms with Gasteiger partial charge in [0.05, 0.1) is 5.54 Å². The molecule has 86 valence electrons. The molecule has 0 aliphatic heterocycles. The first-order valence-electron chi connectivity index (χ1n) is 4.99. The van der Waals surface area contributed by atoms with E-state index in [-0.39, 0.29) is 11.0 Å². The number of nitrogens with one attached hydrogen (secondary N) is 1. The standard InChI is InChI=1S/C11H21N3S/c1-10(2,3)7-11(4,5)14-9(15-6)13-8-12/h7H2,1-6H3,(H,13,14). The van der Waals surface area contributed by atoms with Gasteiger partial charge in [0, 0.05) is 0 Å². The highest BCUT2D eigenvalue weighted by Gasteiger charge is 2.25. The van der Waals surface area contributed by atoms with E-state index in [4.69, 9.17) is 5.26 Å². The molecule has 0 bridgehead atoms. The maximum Gasteiger partial charge on any atom is 0.183 e. The van der Waals surface area contributed by atoms with Crippen molar-refractivity contribution < 1.29 is 0 Å². The summed E-state index contributed by atoms with van der Waals surface area (Å²) in [5, 5.41) is 11.8. The Morgan fingerprint density at radius 3 is 2.20 bits per heavy atom. The summed E-state index contributed by atoms with van der Waals surface area (Å²) >= 11 is 1.46. The lowest BCUT2D eigenvalue weighted by atomic mass is 9.82. The number of nitrogens with zero attached hydrogens (tertiary/aromatic N) is 2. The Kier molecular flexibility index (Phi) is 5.16. The SMILES string of the molecule is CSC(=NC(C)(C)CC(C)(C)C)NC#N. The summed E-state index contributed by atoms with van der Waals surface area (Å²) in [5.74, 6) is 0. The van der Waals surface area contributed by atoms with Gasteiger partial charge < -0.3 is 0 Å². The molecular formula is C11H21N3S. The van der Waals surface area contributed by atoms with Crippen LogP contribution in [0.5, 0.6) is 0 Å². The minimum atomic E-state index is -0.138. The molecule has 0 fully saturated rings. The summed E-state index contributed by atoms with van der Waals surface area (Å²) < 4.78 is 0. The number of aliphatic imine (C=N–C) groups is 1. The Hall–Kier alpha value is -0.690. The van der Waals surface area contributed by atoms with E-state index in [1.54, 1.807) is 0 Å². The van der Waals surface area contributed by atoms with Gasteiger partial charge in [0.15, 0.2) is 11.4 Å². The normalized spacial score (nSPS) is 13.5. The summed E-state index contributed by atoms with van der Waals surface area (Å²) in [7, 11) is 0. The van der Waals surface area contributed by atoms with Crippen LogP contribution in [-0.4, -0.2) is 17.0 Å². The van der Waals surface area contributed by atoms with Gasteiger partial charge in [-0.1, -0.05) is 32.5 Å². The third-order valence-corrected chi connectivity index (χ3v) is 2.30. The number of amidine groups is 1. The van der Waals surface area contributed by atoms with Crippen LogP contribution in [0.25, 0.3) is 0 Å². The van der Waals surface area contributed by atoms with Gasteiger partial charge in [-0.25, -0.2) is 0 Å². The van der Waals surface area contributed by atoms with E-state index in [0.29, 0.717) is 5.17 Å². The van der Waals surface area contributed by atoms with Gasteiger partial charge in [-0.15, -0.1) is 0 Å². The number of nitriles is 1. The summed E-state index contributed by atoms with van der Waals surface area (Å²) in [5.41, 5.74) is 0.101. The average Bonchev–Trinajstić information content (AvgIpc) is 1.98. The number of hydrogen-bond acceptors (Lipinski definition) is 3. The van der Waals surface area contributed by atoms with Gasteiger partial charge in [-0.05, 0) is 31.9 Å². The van der Waals surface area contributed by atoms with E-state index in [1.165, 1.54) is 11.8 Å². The lowest BCUT2D eigenvalue weighted by Crippen LogP contribution is -2.28. The number of rotatable bonds is 2. The van der Waals surface area contributed by atoms with Gasteiger partial charge in [0.1, 0.15) is 0 Å². The van der Waals surface area contributed by atoms with Crippen LogP contribution in [0.1, 0.15) is 41.0 Å². The molecule has 4 heteroatoms. The van der Waals surface area contributed by atoms with Gasteiger partial charge in [0.25, 0.3) is 0 Å². The monoisotopic (exact) mass is 227 g/mol. The fourth-order valence-corrected chi connectivity index (χ4v) is 2.27. The Bertz CT molecular complexity index is 269. The highest BCUT2D eigenvalue weighted by atomic mass is 32.2. The zero-order valence-corrected chi connectivity index (χ0v) is 11.3. The molecule has 0 heterocycles. The zero-order chi connectivity index (χ0) is 12.1. The molecule has 0 spiro atoms. The van der Waals surface area contributed by atoms with Crippen molar-refractivity contribution >= 4 is 16.9 Å².